The largest absolute Gasteiger partial charge is 0.489 e. The number of nitrogens with two attached hydrogens (primary N) is 1. The quantitative estimate of drug-likeness (QED) is 0.895. The smallest absolute Gasteiger partial charge is 0.165 e. The van der Waals surface area contributed by atoms with Crippen molar-refractivity contribution in [3.05, 3.63) is 30.1 Å². The number of halogens is 2. The average molecular weight is 261 g/mol. The summed E-state index contributed by atoms with van der Waals surface area (Å²) < 4.78 is 18.6. The Morgan fingerprint density at radius 2 is 2.18 bits per heavy atom. The normalized spacial score (nSPS) is 20.0. The standard InChI is InChI=1S/C12H17FN2O.ClH/c13-11-3-1-2-4-12(11)16-8-7-15-6-5-10(14)9-15;/h1-4,10H,5-9,14H2;1H/t10-;/m1./s1. The van der Waals surface area contributed by atoms with E-state index in [1.807, 2.05) is 0 Å². The number of likely N-dealkylation sites (tertiary alicyclic amines) is 1. The SMILES string of the molecule is Cl.N[C@@H]1CCN(CCOc2ccccc2F)C1. The van der Waals surface area contributed by atoms with E-state index in [4.69, 9.17) is 10.5 Å². The van der Waals surface area contributed by atoms with E-state index in [0.29, 0.717) is 12.4 Å². The van der Waals surface area contributed by atoms with Crippen molar-refractivity contribution in [1.82, 2.24) is 4.90 Å². The Labute approximate surface area is 107 Å². The topological polar surface area (TPSA) is 38.5 Å². The third-order valence-electron chi connectivity index (χ3n) is 2.81. The second-order valence-electron chi connectivity index (χ2n) is 4.13. The zero-order valence-corrected chi connectivity index (χ0v) is 10.5. The van der Waals surface area contributed by atoms with Crippen molar-refractivity contribution in [2.75, 3.05) is 26.2 Å². The Morgan fingerprint density at radius 1 is 1.41 bits per heavy atom. The Balaban J connectivity index is 0.00000144. The molecule has 17 heavy (non-hydrogen) atoms. The van der Waals surface area contributed by atoms with Crippen molar-refractivity contribution in [1.29, 1.82) is 0 Å². The van der Waals surface area contributed by atoms with Crippen LogP contribution in [0.5, 0.6) is 5.75 Å². The van der Waals surface area contributed by atoms with E-state index in [9.17, 15) is 4.39 Å². The van der Waals surface area contributed by atoms with Crippen LogP contribution >= 0.6 is 12.4 Å². The van der Waals surface area contributed by atoms with E-state index in [0.717, 1.165) is 26.1 Å². The summed E-state index contributed by atoms with van der Waals surface area (Å²) in [5.41, 5.74) is 5.79. The first-order valence-corrected chi connectivity index (χ1v) is 5.61. The molecule has 1 heterocycles. The molecule has 0 amide bonds. The van der Waals surface area contributed by atoms with Crippen molar-refractivity contribution < 1.29 is 9.13 Å². The van der Waals surface area contributed by atoms with E-state index in [-0.39, 0.29) is 24.3 Å². The van der Waals surface area contributed by atoms with Gasteiger partial charge >= 0.3 is 0 Å². The Morgan fingerprint density at radius 3 is 2.82 bits per heavy atom. The molecule has 0 spiro atoms. The molecular weight excluding hydrogens is 243 g/mol. The number of hydrogen-bond acceptors (Lipinski definition) is 3. The number of rotatable bonds is 4. The molecule has 0 radical (unpaired) electrons. The highest BCUT2D eigenvalue weighted by molar-refractivity contribution is 5.85. The lowest BCUT2D eigenvalue weighted by atomic mass is 10.3. The summed E-state index contributed by atoms with van der Waals surface area (Å²) in [4.78, 5) is 2.24. The van der Waals surface area contributed by atoms with Gasteiger partial charge in [-0.15, -0.1) is 12.4 Å². The predicted octanol–water partition coefficient (Wildman–Crippen LogP) is 1.66. The molecule has 0 unspecified atom stereocenters. The molecule has 1 aromatic carbocycles. The molecule has 1 aliphatic rings. The third-order valence-corrected chi connectivity index (χ3v) is 2.81. The van der Waals surface area contributed by atoms with Crippen molar-refractivity contribution in [2.45, 2.75) is 12.5 Å². The first kappa shape index (κ1) is 14.2. The van der Waals surface area contributed by atoms with Crippen LogP contribution in [0, 0.1) is 5.82 Å². The van der Waals surface area contributed by atoms with Gasteiger partial charge in [-0.2, -0.15) is 0 Å². The van der Waals surface area contributed by atoms with Crippen LogP contribution in [0.25, 0.3) is 0 Å². The molecule has 2 rings (SSSR count). The molecule has 1 aliphatic heterocycles. The number of nitrogens with zero attached hydrogens (tertiary/aromatic N) is 1. The van der Waals surface area contributed by atoms with Crippen LogP contribution in [-0.2, 0) is 0 Å². The van der Waals surface area contributed by atoms with Crippen LogP contribution in [0.4, 0.5) is 4.39 Å². The Kier molecular flexibility index (Phi) is 5.68. The van der Waals surface area contributed by atoms with Gasteiger partial charge in [0.25, 0.3) is 0 Å². The summed E-state index contributed by atoms with van der Waals surface area (Å²) in [7, 11) is 0. The van der Waals surface area contributed by atoms with Crippen LogP contribution in [-0.4, -0.2) is 37.2 Å². The summed E-state index contributed by atoms with van der Waals surface area (Å²) in [6.45, 7) is 3.25. The van der Waals surface area contributed by atoms with Gasteiger partial charge in [-0.1, -0.05) is 12.1 Å². The molecule has 1 saturated heterocycles. The Bertz CT molecular complexity index is 351. The molecule has 0 aromatic heterocycles. The first-order valence-electron chi connectivity index (χ1n) is 5.61. The highest BCUT2D eigenvalue weighted by Gasteiger charge is 2.18. The summed E-state index contributed by atoms with van der Waals surface area (Å²) >= 11 is 0. The zero-order valence-electron chi connectivity index (χ0n) is 9.64. The molecule has 0 saturated carbocycles. The van der Waals surface area contributed by atoms with Crippen molar-refractivity contribution in [3.63, 3.8) is 0 Å². The molecule has 0 bridgehead atoms. The van der Waals surface area contributed by atoms with Gasteiger partial charge in [-0.05, 0) is 25.1 Å². The molecule has 0 aliphatic carbocycles. The second kappa shape index (κ2) is 6.79. The van der Waals surface area contributed by atoms with Gasteiger partial charge in [0.1, 0.15) is 6.61 Å². The molecule has 2 N–H and O–H groups in total. The van der Waals surface area contributed by atoms with Gasteiger partial charge in [0, 0.05) is 19.1 Å². The summed E-state index contributed by atoms with van der Waals surface area (Å²) in [6, 6.07) is 6.76. The van der Waals surface area contributed by atoms with E-state index < -0.39 is 0 Å². The molecule has 96 valence electrons. The van der Waals surface area contributed by atoms with E-state index >= 15 is 0 Å². The van der Waals surface area contributed by atoms with Crippen LogP contribution < -0.4 is 10.5 Å². The van der Waals surface area contributed by atoms with Crippen LogP contribution in [0.2, 0.25) is 0 Å². The number of ether oxygens (including phenoxy) is 1. The van der Waals surface area contributed by atoms with Gasteiger partial charge < -0.3 is 10.5 Å². The summed E-state index contributed by atoms with van der Waals surface area (Å²) in [5.74, 6) is 0.0200. The maximum Gasteiger partial charge on any atom is 0.165 e. The van der Waals surface area contributed by atoms with Gasteiger partial charge in [0.05, 0.1) is 0 Å². The summed E-state index contributed by atoms with van der Waals surface area (Å²) in [6.07, 6.45) is 1.04. The van der Waals surface area contributed by atoms with Gasteiger partial charge in [0.15, 0.2) is 11.6 Å². The second-order valence-corrected chi connectivity index (χ2v) is 4.13. The van der Waals surface area contributed by atoms with Gasteiger partial charge in [-0.3, -0.25) is 4.90 Å². The van der Waals surface area contributed by atoms with E-state index in [1.165, 1.54) is 6.07 Å². The number of hydrogen-bond donors (Lipinski definition) is 1. The fraction of sp³-hybridized carbons (Fsp3) is 0.500. The maximum absolute atomic E-state index is 13.2. The molecule has 5 heteroatoms. The van der Waals surface area contributed by atoms with Crippen LogP contribution in [0.3, 0.4) is 0 Å². The molecule has 3 nitrogen and oxygen atoms in total. The van der Waals surface area contributed by atoms with Crippen LogP contribution in [0.1, 0.15) is 6.42 Å². The molecule has 1 atom stereocenters. The van der Waals surface area contributed by atoms with Crippen molar-refractivity contribution >= 4 is 12.4 Å². The lowest BCUT2D eigenvalue weighted by Crippen LogP contribution is -2.29. The maximum atomic E-state index is 13.2. The highest BCUT2D eigenvalue weighted by atomic mass is 35.5. The lowest BCUT2D eigenvalue weighted by molar-refractivity contribution is 0.230. The Hall–Kier alpha value is -0.840. The van der Waals surface area contributed by atoms with Gasteiger partial charge in [0.2, 0.25) is 0 Å². The molecule has 1 fully saturated rings. The molecular formula is C12H18ClFN2O. The number of benzene rings is 1. The van der Waals surface area contributed by atoms with Crippen molar-refractivity contribution in [2.24, 2.45) is 5.73 Å². The minimum atomic E-state index is -0.305. The van der Waals surface area contributed by atoms with Crippen molar-refractivity contribution in [3.8, 4) is 5.75 Å². The number of para-hydroxylation sites is 1. The third kappa shape index (κ3) is 4.15. The van der Waals surface area contributed by atoms with E-state index in [2.05, 4.69) is 4.90 Å². The minimum Gasteiger partial charge on any atom is -0.489 e. The predicted molar refractivity (Wildman–Crippen MR) is 68.2 cm³/mol. The lowest BCUT2D eigenvalue weighted by Gasteiger charge is -2.15. The monoisotopic (exact) mass is 260 g/mol. The minimum absolute atomic E-state index is 0. The fourth-order valence-electron chi connectivity index (χ4n) is 1.91. The average Bonchev–Trinajstić information content (AvgIpc) is 2.67. The van der Waals surface area contributed by atoms with E-state index in [1.54, 1.807) is 18.2 Å². The highest BCUT2D eigenvalue weighted by Crippen LogP contribution is 2.15. The molecule has 1 aromatic rings. The fourth-order valence-corrected chi connectivity index (χ4v) is 1.91. The zero-order chi connectivity index (χ0) is 11.4. The van der Waals surface area contributed by atoms with Crippen LogP contribution in [0.15, 0.2) is 24.3 Å². The first-order chi connectivity index (χ1) is 7.75. The van der Waals surface area contributed by atoms with Gasteiger partial charge in [-0.25, -0.2) is 4.39 Å². The summed E-state index contributed by atoms with van der Waals surface area (Å²) in [5, 5.41) is 0.